The van der Waals surface area contributed by atoms with Gasteiger partial charge in [-0.25, -0.2) is 0 Å². The molecule has 2 aromatic rings. The highest BCUT2D eigenvalue weighted by Gasteiger charge is 2.22. The molecule has 3 rings (SSSR count). The molecule has 0 saturated carbocycles. The summed E-state index contributed by atoms with van der Waals surface area (Å²) >= 11 is 0. The van der Waals surface area contributed by atoms with Crippen molar-refractivity contribution < 1.29 is 0 Å². The molecule has 0 unspecified atom stereocenters. The molecule has 0 heterocycles. The maximum Gasteiger partial charge on any atom is 0.101 e. The molecular formula is C17H6N4. The SMILES string of the molecule is N#Cc1cc2c(cc1C#N)-c1cc(C#N)c(C#N)cc1C2. The van der Waals surface area contributed by atoms with E-state index in [1.54, 1.807) is 24.3 Å². The molecule has 0 spiro atoms. The number of rotatable bonds is 0. The minimum atomic E-state index is 0.326. The summed E-state index contributed by atoms with van der Waals surface area (Å²) in [6.07, 6.45) is 0.603. The Hall–Kier alpha value is -3.60. The van der Waals surface area contributed by atoms with Gasteiger partial charge in [-0.1, -0.05) is 0 Å². The van der Waals surface area contributed by atoms with Crippen LogP contribution in [0.25, 0.3) is 11.1 Å². The first-order valence-electron chi connectivity index (χ1n) is 6.16. The van der Waals surface area contributed by atoms with Crippen LogP contribution in [0.1, 0.15) is 33.4 Å². The van der Waals surface area contributed by atoms with Gasteiger partial charge in [-0.15, -0.1) is 0 Å². The van der Waals surface area contributed by atoms with E-state index in [0.29, 0.717) is 28.7 Å². The van der Waals surface area contributed by atoms with Crippen LogP contribution >= 0.6 is 0 Å². The lowest BCUT2D eigenvalue weighted by atomic mass is 9.97. The molecule has 0 amide bonds. The van der Waals surface area contributed by atoms with Crippen molar-refractivity contribution in [2.45, 2.75) is 6.42 Å². The molecule has 1 aliphatic carbocycles. The lowest BCUT2D eigenvalue weighted by Crippen LogP contribution is -1.89. The Morgan fingerprint density at radius 2 is 0.905 bits per heavy atom. The van der Waals surface area contributed by atoms with Crippen LogP contribution in [0.15, 0.2) is 24.3 Å². The second kappa shape index (κ2) is 4.50. The standard InChI is InChI=1S/C17H6N4/c18-6-12-2-10-1-11-3-13(7-19)15(9-21)5-17(11)16(10)4-14(12)8-20/h2-5H,1H2. The highest BCUT2D eigenvalue weighted by atomic mass is 14.3. The lowest BCUT2D eigenvalue weighted by Gasteiger charge is -2.04. The lowest BCUT2D eigenvalue weighted by molar-refractivity contribution is 1.25. The number of hydrogen-bond acceptors (Lipinski definition) is 4. The van der Waals surface area contributed by atoms with Crippen LogP contribution in [0, 0.1) is 45.3 Å². The third-order valence-electron chi connectivity index (χ3n) is 3.64. The van der Waals surface area contributed by atoms with E-state index in [1.807, 2.05) is 24.3 Å². The topological polar surface area (TPSA) is 95.2 Å². The first-order chi connectivity index (χ1) is 10.2. The van der Waals surface area contributed by atoms with Crippen molar-refractivity contribution in [3.63, 3.8) is 0 Å². The van der Waals surface area contributed by atoms with Crippen LogP contribution in [0.3, 0.4) is 0 Å². The number of fused-ring (bicyclic) bond motifs is 3. The minimum Gasteiger partial charge on any atom is -0.192 e. The van der Waals surface area contributed by atoms with E-state index in [9.17, 15) is 0 Å². The highest BCUT2D eigenvalue weighted by molar-refractivity contribution is 5.81. The third kappa shape index (κ3) is 1.73. The summed E-state index contributed by atoms with van der Waals surface area (Å²) in [7, 11) is 0. The Bertz CT molecular complexity index is 877. The van der Waals surface area contributed by atoms with E-state index in [4.69, 9.17) is 21.0 Å². The summed E-state index contributed by atoms with van der Waals surface area (Å²) in [4.78, 5) is 0. The van der Waals surface area contributed by atoms with Crippen LogP contribution in [0.4, 0.5) is 0 Å². The highest BCUT2D eigenvalue weighted by Crippen LogP contribution is 2.39. The van der Waals surface area contributed by atoms with Gasteiger partial charge in [0, 0.05) is 0 Å². The molecule has 0 fully saturated rings. The number of nitrogens with zero attached hydrogens (tertiary/aromatic N) is 4. The average Bonchev–Trinajstić information content (AvgIpc) is 2.88. The molecular weight excluding hydrogens is 260 g/mol. The summed E-state index contributed by atoms with van der Waals surface area (Å²) in [6.45, 7) is 0. The summed E-state index contributed by atoms with van der Waals surface area (Å²) in [5, 5.41) is 36.4. The molecule has 0 radical (unpaired) electrons. The monoisotopic (exact) mass is 266 g/mol. The van der Waals surface area contributed by atoms with Crippen LogP contribution in [0.5, 0.6) is 0 Å². The summed E-state index contributed by atoms with van der Waals surface area (Å²) in [5.74, 6) is 0. The Kier molecular flexibility index (Phi) is 2.66. The molecule has 1 aliphatic rings. The van der Waals surface area contributed by atoms with Crippen molar-refractivity contribution in [2.75, 3.05) is 0 Å². The van der Waals surface area contributed by atoms with Crippen molar-refractivity contribution in [3.05, 3.63) is 57.6 Å². The fourth-order valence-corrected chi connectivity index (χ4v) is 2.66. The summed E-state index contributed by atoms with van der Waals surface area (Å²) in [6, 6.07) is 14.9. The molecule has 94 valence electrons. The fourth-order valence-electron chi connectivity index (χ4n) is 2.66. The van der Waals surface area contributed by atoms with Gasteiger partial charge in [0.1, 0.15) is 24.3 Å². The predicted molar refractivity (Wildman–Crippen MR) is 73.5 cm³/mol. The molecule has 0 N–H and O–H groups in total. The summed E-state index contributed by atoms with van der Waals surface area (Å²) < 4.78 is 0. The molecule has 0 bridgehead atoms. The van der Waals surface area contributed by atoms with Gasteiger partial charge in [0.25, 0.3) is 0 Å². The largest absolute Gasteiger partial charge is 0.192 e. The molecule has 4 heteroatoms. The van der Waals surface area contributed by atoms with Gasteiger partial charge < -0.3 is 0 Å². The van der Waals surface area contributed by atoms with Crippen molar-refractivity contribution in [1.29, 1.82) is 21.0 Å². The normalized spacial score (nSPS) is 10.5. The van der Waals surface area contributed by atoms with Gasteiger partial charge in [-0.05, 0) is 52.9 Å². The van der Waals surface area contributed by atoms with Crippen LogP contribution in [-0.2, 0) is 6.42 Å². The van der Waals surface area contributed by atoms with E-state index in [0.717, 1.165) is 22.3 Å². The van der Waals surface area contributed by atoms with Crippen LogP contribution in [-0.4, -0.2) is 0 Å². The zero-order valence-electron chi connectivity index (χ0n) is 10.8. The molecule has 0 saturated heterocycles. The van der Waals surface area contributed by atoms with E-state index in [2.05, 4.69) is 0 Å². The second-order valence-electron chi connectivity index (χ2n) is 4.73. The van der Waals surface area contributed by atoms with Crippen molar-refractivity contribution >= 4 is 0 Å². The summed E-state index contributed by atoms with van der Waals surface area (Å²) in [5.41, 5.74) is 4.97. The maximum absolute atomic E-state index is 9.12. The first-order valence-corrected chi connectivity index (χ1v) is 6.16. The molecule has 2 aromatic carbocycles. The van der Waals surface area contributed by atoms with Crippen LogP contribution < -0.4 is 0 Å². The molecule has 0 aromatic heterocycles. The van der Waals surface area contributed by atoms with Crippen molar-refractivity contribution in [1.82, 2.24) is 0 Å². The van der Waals surface area contributed by atoms with E-state index >= 15 is 0 Å². The first kappa shape index (κ1) is 12.4. The van der Waals surface area contributed by atoms with Gasteiger partial charge in [-0.2, -0.15) is 21.0 Å². The van der Waals surface area contributed by atoms with Gasteiger partial charge in [0.15, 0.2) is 0 Å². The van der Waals surface area contributed by atoms with E-state index in [1.165, 1.54) is 0 Å². The van der Waals surface area contributed by atoms with Gasteiger partial charge in [0.2, 0.25) is 0 Å². The number of hydrogen-bond donors (Lipinski definition) is 0. The number of nitriles is 4. The smallest absolute Gasteiger partial charge is 0.101 e. The Labute approximate surface area is 121 Å². The zero-order valence-corrected chi connectivity index (χ0v) is 10.8. The Morgan fingerprint density at radius 3 is 1.24 bits per heavy atom. The van der Waals surface area contributed by atoms with Gasteiger partial charge >= 0.3 is 0 Å². The molecule has 0 atom stereocenters. The van der Waals surface area contributed by atoms with Crippen LogP contribution in [0.2, 0.25) is 0 Å². The minimum absolute atomic E-state index is 0.326. The Morgan fingerprint density at radius 1 is 0.571 bits per heavy atom. The van der Waals surface area contributed by atoms with Crippen molar-refractivity contribution in [2.24, 2.45) is 0 Å². The Balaban J connectivity index is 2.29. The molecule has 4 nitrogen and oxygen atoms in total. The van der Waals surface area contributed by atoms with Gasteiger partial charge in [0.05, 0.1) is 22.3 Å². The van der Waals surface area contributed by atoms with E-state index in [-0.39, 0.29) is 0 Å². The quantitative estimate of drug-likeness (QED) is 0.625. The third-order valence-corrected chi connectivity index (χ3v) is 3.64. The zero-order chi connectivity index (χ0) is 15.0. The van der Waals surface area contributed by atoms with Crippen molar-refractivity contribution in [3.8, 4) is 35.4 Å². The van der Waals surface area contributed by atoms with E-state index < -0.39 is 0 Å². The fraction of sp³-hybridized carbons (Fsp3) is 0.0588. The average molecular weight is 266 g/mol. The molecule has 21 heavy (non-hydrogen) atoms. The number of benzene rings is 2. The second-order valence-corrected chi connectivity index (χ2v) is 4.73. The van der Waals surface area contributed by atoms with Gasteiger partial charge in [-0.3, -0.25) is 0 Å². The predicted octanol–water partition coefficient (Wildman–Crippen LogP) is 2.74. The molecule has 0 aliphatic heterocycles. The maximum atomic E-state index is 9.12.